The second-order valence-corrected chi connectivity index (χ2v) is 10.1. The van der Waals surface area contributed by atoms with Gasteiger partial charge >= 0.3 is 12.1 Å². The van der Waals surface area contributed by atoms with E-state index < -0.39 is 11.7 Å². The summed E-state index contributed by atoms with van der Waals surface area (Å²) >= 11 is 1.55. The Kier molecular flexibility index (Phi) is 7.83. The van der Waals surface area contributed by atoms with Crippen molar-refractivity contribution in [2.75, 3.05) is 19.0 Å². The third-order valence-electron chi connectivity index (χ3n) is 5.08. The second-order valence-electron chi connectivity index (χ2n) is 9.04. The Labute approximate surface area is 213 Å². The highest BCUT2D eigenvalue weighted by Gasteiger charge is 2.20. The molecule has 9 nitrogen and oxygen atoms in total. The SMILES string of the molecule is CCOC(=O)n1nc(OCCCSc2nc3ccccc3n2CC(=O)OC(C)(C)C)c2ccccc21. The summed E-state index contributed by atoms with van der Waals surface area (Å²) in [4.78, 5) is 29.5. The summed E-state index contributed by atoms with van der Waals surface area (Å²) in [6.45, 7) is 8.07. The number of carbonyl (C=O) groups excluding carboxylic acids is 2. The van der Waals surface area contributed by atoms with Crippen LogP contribution >= 0.6 is 11.8 Å². The van der Waals surface area contributed by atoms with E-state index in [2.05, 4.69) is 5.10 Å². The van der Waals surface area contributed by atoms with Crippen molar-refractivity contribution in [3.63, 3.8) is 0 Å². The summed E-state index contributed by atoms with van der Waals surface area (Å²) in [5.41, 5.74) is 1.80. The first-order valence-electron chi connectivity index (χ1n) is 11.8. The topological polar surface area (TPSA) is 97.5 Å². The fourth-order valence-corrected chi connectivity index (χ4v) is 4.61. The predicted octanol–water partition coefficient (Wildman–Crippen LogP) is 5.29. The first-order chi connectivity index (χ1) is 17.3. The second kappa shape index (κ2) is 11.0. The molecule has 0 aliphatic rings. The van der Waals surface area contributed by atoms with Crippen LogP contribution in [-0.4, -0.2) is 56.0 Å². The molecule has 2 heterocycles. The van der Waals surface area contributed by atoms with Crippen LogP contribution in [0.15, 0.2) is 53.7 Å². The van der Waals surface area contributed by atoms with Crippen LogP contribution in [0.5, 0.6) is 5.88 Å². The first-order valence-corrected chi connectivity index (χ1v) is 12.8. The maximum atomic E-state index is 12.5. The molecule has 4 aromatic rings. The Morgan fingerprint density at radius 3 is 2.50 bits per heavy atom. The van der Waals surface area contributed by atoms with Gasteiger partial charge < -0.3 is 18.8 Å². The molecule has 0 atom stereocenters. The van der Waals surface area contributed by atoms with E-state index >= 15 is 0 Å². The van der Waals surface area contributed by atoms with Crippen LogP contribution in [0.3, 0.4) is 0 Å². The number of thioether (sulfide) groups is 1. The van der Waals surface area contributed by atoms with Crippen molar-refractivity contribution in [2.24, 2.45) is 0 Å². The molecule has 0 saturated heterocycles. The van der Waals surface area contributed by atoms with E-state index in [4.69, 9.17) is 19.2 Å². The maximum absolute atomic E-state index is 12.5. The van der Waals surface area contributed by atoms with E-state index in [0.29, 0.717) is 30.2 Å². The molecular formula is C26H30N4O5S. The summed E-state index contributed by atoms with van der Waals surface area (Å²) in [6, 6.07) is 15.1. The lowest BCUT2D eigenvalue weighted by atomic mass is 10.2. The highest BCUT2D eigenvalue weighted by molar-refractivity contribution is 7.99. The lowest BCUT2D eigenvalue weighted by Crippen LogP contribution is -2.26. The highest BCUT2D eigenvalue weighted by atomic mass is 32.2. The van der Waals surface area contributed by atoms with Crippen molar-refractivity contribution >= 4 is 45.8 Å². The average Bonchev–Trinajstić information content (AvgIpc) is 3.36. The average molecular weight is 511 g/mol. The fourth-order valence-electron chi connectivity index (χ4n) is 3.68. The molecule has 0 N–H and O–H groups in total. The van der Waals surface area contributed by atoms with Crippen LogP contribution in [-0.2, 0) is 20.8 Å². The van der Waals surface area contributed by atoms with Gasteiger partial charge in [-0.1, -0.05) is 36.0 Å². The van der Waals surface area contributed by atoms with E-state index in [-0.39, 0.29) is 19.1 Å². The number of para-hydroxylation sites is 3. The van der Waals surface area contributed by atoms with E-state index in [1.165, 1.54) is 4.68 Å². The van der Waals surface area contributed by atoms with Gasteiger partial charge in [0.05, 0.1) is 35.2 Å². The predicted molar refractivity (Wildman–Crippen MR) is 139 cm³/mol. The number of hydrogen-bond donors (Lipinski definition) is 0. The fraction of sp³-hybridized carbons (Fsp3) is 0.385. The van der Waals surface area contributed by atoms with E-state index in [1.807, 2.05) is 67.8 Å². The number of aromatic nitrogens is 4. The summed E-state index contributed by atoms with van der Waals surface area (Å²) in [5, 5.41) is 5.81. The molecule has 190 valence electrons. The number of hydrogen-bond acceptors (Lipinski definition) is 8. The first kappa shape index (κ1) is 25.6. The molecule has 0 saturated carbocycles. The van der Waals surface area contributed by atoms with Crippen LogP contribution < -0.4 is 4.74 Å². The Bertz CT molecular complexity index is 1370. The van der Waals surface area contributed by atoms with Gasteiger partial charge in [-0.3, -0.25) is 4.79 Å². The largest absolute Gasteiger partial charge is 0.476 e. The molecule has 10 heteroatoms. The molecule has 4 rings (SSSR count). The third kappa shape index (κ3) is 5.99. The van der Waals surface area contributed by atoms with Gasteiger partial charge in [0.25, 0.3) is 0 Å². The van der Waals surface area contributed by atoms with Crippen LogP contribution in [0.25, 0.3) is 21.9 Å². The van der Waals surface area contributed by atoms with Gasteiger partial charge in [0.1, 0.15) is 12.1 Å². The number of fused-ring (bicyclic) bond motifs is 2. The summed E-state index contributed by atoms with van der Waals surface area (Å²) < 4.78 is 19.6. The Morgan fingerprint density at radius 2 is 1.75 bits per heavy atom. The minimum atomic E-state index is -0.553. The molecule has 0 unspecified atom stereocenters. The Hall–Kier alpha value is -3.53. The Balaban J connectivity index is 1.40. The van der Waals surface area contributed by atoms with E-state index in [1.54, 1.807) is 24.8 Å². The number of carbonyl (C=O) groups is 2. The zero-order valence-electron chi connectivity index (χ0n) is 20.9. The molecule has 0 radical (unpaired) electrons. The van der Waals surface area contributed by atoms with Crippen LogP contribution in [0.1, 0.15) is 34.1 Å². The van der Waals surface area contributed by atoms with Gasteiger partial charge in [0.2, 0.25) is 5.88 Å². The van der Waals surface area contributed by atoms with Gasteiger partial charge in [-0.05, 0) is 58.4 Å². The molecule has 0 spiro atoms. The molecule has 0 aliphatic heterocycles. The van der Waals surface area contributed by atoms with Gasteiger partial charge in [-0.25, -0.2) is 9.78 Å². The highest BCUT2D eigenvalue weighted by Crippen LogP contribution is 2.27. The van der Waals surface area contributed by atoms with Crippen LogP contribution in [0.2, 0.25) is 0 Å². The molecule has 2 aromatic carbocycles. The molecule has 0 amide bonds. The lowest BCUT2D eigenvalue weighted by Gasteiger charge is -2.20. The monoisotopic (exact) mass is 510 g/mol. The maximum Gasteiger partial charge on any atom is 0.435 e. The zero-order chi connectivity index (χ0) is 25.7. The van der Waals surface area contributed by atoms with Crippen LogP contribution in [0, 0.1) is 0 Å². The van der Waals surface area contributed by atoms with Gasteiger partial charge in [0.15, 0.2) is 5.16 Å². The molecule has 0 bridgehead atoms. The molecular weight excluding hydrogens is 480 g/mol. The van der Waals surface area contributed by atoms with E-state index in [0.717, 1.165) is 21.6 Å². The van der Waals surface area contributed by atoms with Crippen LogP contribution in [0.4, 0.5) is 4.79 Å². The summed E-state index contributed by atoms with van der Waals surface area (Å²) in [6.07, 6.45) is 0.170. The van der Waals surface area contributed by atoms with Gasteiger partial charge in [-0.15, -0.1) is 5.10 Å². The molecule has 2 aromatic heterocycles. The van der Waals surface area contributed by atoms with Crippen molar-refractivity contribution < 1.29 is 23.8 Å². The van der Waals surface area contributed by atoms with Crippen molar-refractivity contribution in [2.45, 2.75) is 51.4 Å². The molecule has 0 aliphatic carbocycles. The number of imidazole rings is 1. The third-order valence-corrected chi connectivity index (χ3v) is 6.14. The van der Waals surface area contributed by atoms with Crippen molar-refractivity contribution in [3.05, 3.63) is 48.5 Å². The smallest absolute Gasteiger partial charge is 0.435 e. The van der Waals surface area contributed by atoms with Crippen molar-refractivity contribution in [1.29, 1.82) is 0 Å². The van der Waals surface area contributed by atoms with Gasteiger partial charge in [-0.2, -0.15) is 4.68 Å². The normalized spacial score (nSPS) is 11.7. The standard InChI is InChI=1S/C26H30N4O5S/c1-5-33-25(32)30-20-13-8-6-11-18(20)23(28-30)34-15-10-16-36-24-27-19-12-7-9-14-21(19)29(24)17-22(31)35-26(2,3)4/h6-9,11-14H,5,10,15-17H2,1-4H3. The molecule has 0 fully saturated rings. The minimum Gasteiger partial charge on any atom is -0.476 e. The number of nitrogens with zero attached hydrogens (tertiary/aromatic N) is 4. The number of esters is 1. The molecule has 36 heavy (non-hydrogen) atoms. The van der Waals surface area contributed by atoms with Crippen molar-refractivity contribution in [3.8, 4) is 5.88 Å². The number of benzene rings is 2. The summed E-state index contributed by atoms with van der Waals surface area (Å²) in [7, 11) is 0. The van der Waals surface area contributed by atoms with Gasteiger partial charge in [0, 0.05) is 5.75 Å². The zero-order valence-corrected chi connectivity index (χ0v) is 21.7. The number of ether oxygens (including phenoxy) is 3. The van der Waals surface area contributed by atoms with E-state index in [9.17, 15) is 9.59 Å². The van der Waals surface area contributed by atoms with Crippen molar-refractivity contribution in [1.82, 2.24) is 19.3 Å². The number of rotatable bonds is 9. The Morgan fingerprint density at radius 1 is 1.03 bits per heavy atom. The lowest BCUT2D eigenvalue weighted by molar-refractivity contribution is -0.155. The summed E-state index contributed by atoms with van der Waals surface area (Å²) in [5.74, 6) is 0.800. The quantitative estimate of drug-likeness (QED) is 0.170. The minimum absolute atomic E-state index is 0.0912.